The Kier molecular flexibility index (Phi) is 10.1. The molecule has 0 bridgehead atoms. The number of rotatable bonds is 8. The number of unbranched alkanes of at least 4 members (excludes halogenated alkanes) is 1. The smallest absolute Gasteiger partial charge is 0.191 e. The minimum absolute atomic E-state index is 0. The van der Waals surface area contributed by atoms with E-state index >= 15 is 0 Å². The van der Waals surface area contributed by atoms with E-state index in [1.54, 1.807) is 12.3 Å². The summed E-state index contributed by atoms with van der Waals surface area (Å²) in [4.78, 5) is 4.52. The Labute approximate surface area is 160 Å². The minimum Gasteiger partial charge on any atom is -0.469 e. The van der Waals surface area contributed by atoms with Gasteiger partial charge in [-0.05, 0) is 36.2 Å². The lowest BCUT2D eigenvalue weighted by atomic mass is 10.2. The molecule has 2 rings (SSSR count). The molecule has 0 fully saturated rings. The van der Waals surface area contributed by atoms with Crippen molar-refractivity contribution in [2.45, 2.75) is 32.7 Å². The van der Waals surface area contributed by atoms with Gasteiger partial charge in [-0.1, -0.05) is 25.5 Å². The number of guanidine groups is 1. The molecular formula is C18H25FIN3O. The van der Waals surface area contributed by atoms with Crippen LogP contribution in [0.3, 0.4) is 0 Å². The average molecular weight is 445 g/mol. The quantitative estimate of drug-likeness (QED) is 0.278. The van der Waals surface area contributed by atoms with E-state index in [0.29, 0.717) is 6.54 Å². The average Bonchev–Trinajstić information content (AvgIpc) is 3.06. The highest BCUT2D eigenvalue weighted by Crippen LogP contribution is 2.04. The lowest BCUT2D eigenvalue weighted by Gasteiger charge is -2.12. The topological polar surface area (TPSA) is 49.6 Å². The van der Waals surface area contributed by atoms with Gasteiger partial charge >= 0.3 is 0 Å². The lowest BCUT2D eigenvalue weighted by Crippen LogP contribution is -2.38. The van der Waals surface area contributed by atoms with Crippen LogP contribution in [0.25, 0.3) is 0 Å². The van der Waals surface area contributed by atoms with Crippen molar-refractivity contribution in [1.29, 1.82) is 0 Å². The van der Waals surface area contributed by atoms with E-state index in [4.69, 9.17) is 4.42 Å². The normalized spacial score (nSPS) is 11.0. The maximum atomic E-state index is 13.2. The summed E-state index contributed by atoms with van der Waals surface area (Å²) < 4.78 is 18.5. The molecule has 6 heteroatoms. The molecule has 0 saturated heterocycles. The molecule has 0 aliphatic heterocycles. The first kappa shape index (κ1) is 20.5. The number of hydrogen-bond acceptors (Lipinski definition) is 2. The second kappa shape index (κ2) is 11.9. The van der Waals surface area contributed by atoms with Gasteiger partial charge in [0.1, 0.15) is 11.6 Å². The molecule has 0 radical (unpaired) electrons. The van der Waals surface area contributed by atoms with E-state index in [-0.39, 0.29) is 29.8 Å². The Morgan fingerprint density at radius 1 is 1.17 bits per heavy atom. The molecule has 24 heavy (non-hydrogen) atoms. The monoisotopic (exact) mass is 445 g/mol. The number of nitrogens with zero attached hydrogens (tertiary/aromatic N) is 1. The van der Waals surface area contributed by atoms with Crippen LogP contribution in [0, 0.1) is 5.82 Å². The van der Waals surface area contributed by atoms with Gasteiger partial charge in [0.25, 0.3) is 0 Å². The van der Waals surface area contributed by atoms with Crippen LogP contribution in [0.2, 0.25) is 0 Å². The van der Waals surface area contributed by atoms with E-state index in [0.717, 1.165) is 49.6 Å². The standard InChI is InChI=1S/C18H24FN3O.HI/c1-2-3-10-20-18(21-11-9-17-8-5-12-23-17)22-14-15-6-4-7-16(19)13-15;/h4-8,12-13H,2-3,9-11,14H2,1H3,(H2,20,21,22);1H. The summed E-state index contributed by atoms with van der Waals surface area (Å²) in [6, 6.07) is 10.4. The van der Waals surface area contributed by atoms with E-state index in [9.17, 15) is 4.39 Å². The van der Waals surface area contributed by atoms with Crippen LogP contribution < -0.4 is 10.6 Å². The largest absolute Gasteiger partial charge is 0.469 e. The van der Waals surface area contributed by atoms with Crippen LogP contribution in [0.1, 0.15) is 31.1 Å². The molecule has 4 nitrogen and oxygen atoms in total. The summed E-state index contributed by atoms with van der Waals surface area (Å²) in [7, 11) is 0. The molecule has 0 spiro atoms. The fourth-order valence-corrected chi connectivity index (χ4v) is 2.12. The van der Waals surface area contributed by atoms with Crippen molar-refractivity contribution in [3.8, 4) is 0 Å². The molecule has 0 saturated carbocycles. The molecule has 1 aromatic carbocycles. The summed E-state index contributed by atoms with van der Waals surface area (Å²) in [6.07, 6.45) is 4.67. The van der Waals surface area contributed by atoms with Gasteiger partial charge < -0.3 is 15.1 Å². The van der Waals surface area contributed by atoms with Crippen molar-refractivity contribution in [2.75, 3.05) is 13.1 Å². The van der Waals surface area contributed by atoms with Crippen molar-refractivity contribution >= 4 is 29.9 Å². The molecule has 0 unspecified atom stereocenters. The zero-order chi connectivity index (χ0) is 16.3. The fourth-order valence-electron chi connectivity index (χ4n) is 2.12. The molecule has 1 aromatic heterocycles. The lowest BCUT2D eigenvalue weighted by molar-refractivity contribution is 0.506. The number of hydrogen-bond donors (Lipinski definition) is 2. The summed E-state index contributed by atoms with van der Waals surface area (Å²) in [5.74, 6) is 1.45. The van der Waals surface area contributed by atoms with Crippen LogP contribution in [-0.4, -0.2) is 19.0 Å². The van der Waals surface area contributed by atoms with Crippen LogP contribution in [0.5, 0.6) is 0 Å². The minimum atomic E-state index is -0.232. The van der Waals surface area contributed by atoms with Gasteiger partial charge in [0, 0.05) is 19.5 Å². The van der Waals surface area contributed by atoms with E-state index in [1.165, 1.54) is 12.1 Å². The molecule has 132 valence electrons. The van der Waals surface area contributed by atoms with Gasteiger partial charge in [-0.2, -0.15) is 0 Å². The first-order valence-electron chi connectivity index (χ1n) is 8.07. The highest BCUT2D eigenvalue weighted by Gasteiger charge is 2.01. The third-order valence-electron chi connectivity index (χ3n) is 3.38. The number of aliphatic imine (C=N–C) groups is 1. The molecule has 1 heterocycles. The fraction of sp³-hybridized carbons (Fsp3) is 0.389. The predicted octanol–water partition coefficient (Wildman–Crippen LogP) is 4.11. The van der Waals surface area contributed by atoms with Crippen LogP contribution in [0.4, 0.5) is 4.39 Å². The maximum Gasteiger partial charge on any atom is 0.191 e. The second-order valence-electron chi connectivity index (χ2n) is 5.33. The Bertz CT molecular complexity index is 602. The SMILES string of the molecule is CCCCNC(=NCc1cccc(F)c1)NCCc1ccco1.I. The van der Waals surface area contributed by atoms with Crippen LogP contribution in [-0.2, 0) is 13.0 Å². The Hall–Kier alpha value is -1.57. The number of nitrogens with one attached hydrogen (secondary N) is 2. The zero-order valence-electron chi connectivity index (χ0n) is 13.9. The van der Waals surface area contributed by atoms with Gasteiger partial charge in [-0.15, -0.1) is 24.0 Å². The summed E-state index contributed by atoms with van der Waals surface area (Å²) in [5, 5.41) is 6.59. The van der Waals surface area contributed by atoms with Gasteiger partial charge in [-0.25, -0.2) is 9.38 Å². The molecule has 0 aliphatic rings. The van der Waals surface area contributed by atoms with Crippen molar-refractivity contribution in [3.63, 3.8) is 0 Å². The van der Waals surface area contributed by atoms with Crippen LogP contribution in [0.15, 0.2) is 52.1 Å². The first-order chi connectivity index (χ1) is 11.3. The number of furan rings is 1. The second-order valence-corrected chi connectivity index (χ2v) is 5.33. The molecule has 0 atom stereocenters. The van der Waals surface area contributed by atoms with Gasteiger partial charge in [0.2, 0.25) is 0 Å². The Balaban J connectivity index is 0.00000288. The van der Waals surface area contributed by atoms with Crippen molar-refractivity contribution in [3.05, 3.63) is 59.8 Å². The molecule has 2 N–H and O–H groups in total. The third kappa shape index (κ3) is 7.81. The number of benzene rings is 1. The highest BCUT2D eigenvalue weighted by molar-refractivity contribution is 14.0. The number of halogens is 2. The Morgan fingerprint density at radius 2 is 2.00 bits per heavy atom. The molecule has 0 aliphatic carbocycles. The Morgan fingerprint density at radius 3 is 2.71 bits per heavy atom. The van der Waals surface area contributed by atoms with E-state index < -0.39 is 0 Å². The highest BCUT2D eigenvalue weighted by atomic mass is 127. The predicted molar refractivity (Wildman–Crippen MR) is 106 cm³/mol. The molecular weight excluding hydrogens is 420 g/mol. The van der Waals surface area contributed by atoms with Crippen LogP contribution >= 0.6 is 24.0 Å². The van der Waals surface area contributed by atoms with E-state index in [1.807, 2.05) is 18.2 Å². The van der Waals surface area contributed by atoms with Crippen molar-refractivity contribution in [1.82, 2.24) is 10.6 Å². The molecule has 2 aromatic rings. The third-order valence-corrected chi connectivity index (χ3v) is 3.38. The van der Waals surface area contributed by atoms with Crippen molar-refractivity contribution in [2.24, 2.45) is 4.99 Å². The van der Waals surface area contributed by atoms with Gasteiger partial charge in [0.15, 0.2) is 5.96 Å². The van der Waals surface area contributed by atoms with Crippen molar-refractivity contribution < 1.29 is 8.81 Å². The van der Waals surface area contributed by atoms with Gasteiger partial charge in [-0.3, -0.25) is 0 Å². The summed E-state index contributed by atoms with van der Waals surface area (Å²) in [6.45, 7) is 4.19. The summed E-state index contributed by atoms with van der Waals surface area (Å²) in [5.41, 5.74) is 0.854. The summed E-state index contributed by atoms with van der Waals surface area (Å²) >= 11 is 0. The maximum absolute atomic E-state index is 13.2. The van der Waals surface area contributed by atoms with Gasteiger partial charge in [0.05, 0.1) is 12.8 Å². The van der Waals surface area contributed by atoms with E-state index in [2.05, 4.69) is 22.5 Å². The first-order valence-corrected chi connectivity index (χ1v) is 8.07. The zero-order valence-corrected chi connectivity index (χ0v) is 16.3. The molecule has 0 amide bonds.